The van der Waals surface area contributed by atoms with Crippen LogP contribution >= 0.6 is 0 Å². The lowest BCUT2D eigenvalue weighted by Gasteiger charge is -2.22. The Kier molecular flexibility index (Phi) is 9.47. The number of nitrogens with zero attached hydrogens (tertiary/aromatic N) is 1. The molecule has 0 fully saturated rings. The van der Waals surface area contributed by atoms with Gasteiger partial charge in [0, 0.05) is 19.4 Å². The summed E-state index contributed by atoms with van der Waals surface area (Å²) in [5.41, 5.74) is 1.76. The van der Waals surface area contributed by atoms with Gasteiger partial charge in [0.1, 0.15) is 6.04 Å². The smallest absolute Gasteiger partial charge is 0.244 e. The van der Waals surface area contributed by atoms with Crippen LogP contribution in [-0.2, 0) is 25.6 Å². The molecule has 1 rings (SSSR count). The van der Waals surface area contributed by atoms with Gasteiger partial charge in [0.2, 0.25) is 5.91 Å². The molecule has 1 aromatic carbocycles. The summed E-state index contributed by atoms with van der Waals surface area (Å²) in [5, 5.41) is 2.92. The molecule has 0 spiro atoms. The monoisotopic (exact) mass is 324 g/mol. The van der Waals surface area contributed by atoms with Crippen LogP contribution < -0.4 is 5.32 Å². The Bertz CT molecular complexity index is 466. The van der Waals surface area contributed by atoms with Gasteiger partial charge in [0.25, 0.3) is 0 Å². The van der Waals surface area contributed by atoms with Crippen LogP contribution in [0, 0.1) is 0 Å². The molecule has 1 N–H and O–H groups in total. The molecule has 0 aliphatic carbocycles. The highest BCUT2D eigenvalue weighted by molar-refractivity contribution is 5.94. The predicted molar refractivity (Wildman–Crippen MR) is 90.6 cm³/mol. The number of hydrogen-bond acceptors (Lipinski definition) is 5. The highest BCUT2D eigenvalue weighted by atomic mass is 16.5. The molecule has 6 heteroatoms. The largest absolute Gasteiger partial charge is 0.383 e. The van der Waals surface area contributed by atoms with Crippen molar-refractivity contribution in [2.45, 2.75) is 19.6 Å². The van der Waals surface area contributed by atoms with Gasteiger partial charge in [-0.1, -0.05) is 12.1 Å². The molecule has 0 heterocycles. The van der Waals surface area contributed by atoms with Crippen molar-refractivity contribution in [3.05, 3.63) is 29.8 Å². The fourth-order valence-corrected chi connectivity index (χ4v) is 2.03. The molecule has 0 radical (unpaired) electrons. The first-order valence-corrected chi connectivity index (χ1v) is 7.79. The Morgan fingerprint density at radius 1 is 1.26 bits per heavy atom. The van der Waals surface area contributed by atoms with E-state index in [2.05, 4.69) is 5.32 Å². The molecule has 1 atom stereocenters. The van der Waals surface area contributed by atoms with Gasteiger partial charge < -0.3 is 19.5 Å². The minimum absolute atomic E-state index is 0.0914. The Morgan fingerprint density at radius 2 is 2.00 bits per heavy atom. The number of rotatable bonds is 11. The summed E-state index contributed by atoms with van der Waals surface area (Å²) in [5.74, 6) is -0.0914. The fourth-order valence-electron chi connectivity index (χ4n) is 2.03. The van der Waals surface area contributed by atoms with Crippen molar-refractivity contribution >= 4 is 11.6 Å². The number of methoxy groups -OCH3 is 1. The van der Waals surface area contributed by atoms with E-state index in [4.69, 9.17) is 14.2 Å². The zero-order valence-corrected chi connectivity index (χ0v) is 14.5. The SMILES string of the molecule is CCOCCOCc1cccc(NC(=O)C(COC)N(C)C)c1. The topological polar surface area (TPSA) is 60.0 Å². The zero-order valence-electron chi connectivity index (χ0n) is 14.5. The molecule has 23 heavy (non-hydrogen) atoms. The van der Waals surface area contributed by atoms with E-state index < -0.39 is 0 Å². The van der Waals surface area contributed by atoms with Crippen LogP contribution in [0.3, 0.4) is 0 Å². The lowest BCUT2D eigenvalue weighted by atomic mass is 10.2. The Labute approximate surface area is 138 Å². The van der Waals surface area contributed by atoms with E-state index in [0.717, 1.165) is 11.3 Å². The van der Waals surface area contributed by atoms with Crippen molar-refractivity contribution < 1.29 is 19.0 Å². The van der Waals surface area contributed by atoms with Gasteiger partial charge in [0.05, 0.1) is 26.4 Å². The second-order valence-electron chi connectivity index (χ2n) is 5.37. The van der Waals surface area contributed by atoms with Crippen LogP contribution in [0.1, 0.15) is 12.5 Å². The van der Waals surface area contributed by atoms with Crippen molar-refractivity contribution in [3.63, 3.8) is 0 Å². The first-order valence-electron chi connectivity index (χ1n) is 7.79. The van der Waals surface area contributed by atoms with E-state index in [1.165, 1.54) is 0 Å². The van der Waals surface area contributed by atoms with Gasteiger partial charge in [-0.15, -0.1) is 0 Å². The number of hydrogen-bond donors (Lipinski definition) is 1. The summed E-state index contributed by atoms with van der Waals surface area (Å²) in [7, 11) is 5.29. The van der Waals surface area contributed by atoms with Gasteiger partial charge in [0.15, 0.2) is 0 Å². The molecule has 1 amide bonds. The Hall–Kier alpha value is -1.47. The minimum Gasteiger partial charge on any atom is -0.383 e. The molecule has 1 unspecified atom stereocenters. The quantitative estimate of drug-likeness (QED) is 0.629. The van der Waals surface area contributed by atoms with Crippen LogP contribution in [0.2, 0.25) is 0 Å². The molecule has 0 aromatic heterocycles. The summed E-state index contributed by atoms with van der Waals surface area (Å²) in [6.45, 7) is 4.64. The third kappa shape index (κ3) is 7.56. The van der Waals surface area contributed by atoms with Gasteiger partial charge in [-0.05, 0) is 38.7 Å². The highest BCUT2D eigenvalue weighted by Gasteiger charge is 2.20. The summed E-state index contributed by atoms with van der Waals surface area (Å²) in [4.78, 5) is 14.1. The van der Waals surface area contributed by atoms with Crippen molar-refractivity contribution in [1.29, 1.82) is 0 Å². The first kappa shape index (κ1) is 19.6. The number of benzene rings is 1. The second-order valence-corrected chi connectivity index (χ2v) is 5.37. The lowest BCUT2D eigenvalue weighted by Crippen LogP contribution is -2.42. The van der Waals surface area contributed by atoms with E-state index in [-0.39, 0.29) is 11.9 Å². The van der Waals surface area contributed by atoms with Crippen molar-refractivity contribution in [2.24, 2.45) is 0 Å². The molecule has 1 aromatic rings. The molecule has 0 saturated carbocycles. The minimum atomic E-state index is -0.328. The molecular weight excluding hydrogens is 296 g/mol. The van der Waals surface area contributed by atoms with Gasteiger partial charge in [-0.2, -0.15) is 0 Å². The van der Waals surface area contributed by atoms with Crippen LogP contribution in [0.4, 0.5) is 5.69 Å². The van der Waals surface area contributed by atoms with Crippen LogP contribution in [0.15, 0.2) is 24.3 Å². The molecule has 0 bridgehead atoms. The second kappa shape index (κ2) is 11.1. The van der Waals surface area contributed by atoms with Crippen LogP contribution in [0.5, 0.6) is 0 Å². The van der Waals surface area contributed by atoms with Gasteiger partial charge in [-0.25, -0.2) is 0 Å². The fraction of sp³-hybridized carbons (Fsp3) is 0.588. The van der Waals surface area contributed by atoms with E-state index in [1.54, 1.807) is 7.11 Å². The maximum atomic E-state index is 12.3. The molecule has 6 nitrogen and oxygen atoms in total. The summed E-state index contributed by atoms with van der Waals surface area (Å²) >= 11 is 0. The Balaban J connectivity index is 2.53. The number of carbonyl (C=O) groups is 1. The number of carbonyl (C=O) groups excluding carboxylic acids is 1. The Morgan fingerprint density at radius 3 is 2.65 bits per heavy atom. The van der Waals surface area contributed by atoms with Crippen molar-refractivity contribution in [2.75, 3.05) is 52.9 Å². The molecule has 0 saturated heterocycles. The summed E-state index contributed by atoms with van der Waals surface area (Å²) < 4.78 is 15.9. The molecule has 130 valence electrons. The van der Waals surface area contributed by atoms with Crippen molar-refractivity contribution in [1.82, 2.24) is 4.90 Å². The zero-order chi connectivity index (χ0) is 17.1. The lowest BCUT2D eigenvalue weighted by molar-refractivity contribution is -0.122. The summed E-state index contributed by atoms with van der Waals surface area (Å²) in [6.07, 6.45) is 0. The number of nitrogens with one attached hydrogen (secondary N) is 1. The molecule has 0 aliphatic heterocycles. The number of ether oxygens (including phenoxy) is 3. The average molecular weight is 324 g/mol. The number of amides is 1. The number of anilines is 1. The predicted octanol–water partition coefficient (Wildman–Crippen LogP) is 1.75. The maximum Gasteiger partial charge on any atom is 0.244 e. The third-order valence-electron chi connectivity index (χ3n) is 3.29. The average Bonchev–Trinajstić information content (AvgIpc) is 2.52. The summed E-state index contributed by atoms with van der Waals surface area (Å²) in [6, 6.07) is 7.32. The van der Waals surface area contributed by atoms with E-state index >= 15 is 0 Å². The molecule has 0 aliphatic rings. The number of likely N-dealkylation sites (N-methyl/N-ethyl adjacent to an activating group) is 1. The van der Waals surface area contributed by atoms with E-state index in [1.807, 2.05) is 50.2 Å². The molecular formula is C17H28N2O4. The third-order valence-corrected chi connectivity index (χ3v) is 3.29. The van der Waals surface area contributed by atoms with Crippen LogP contribution in [-0.4, -0.2) is 64.5 Å². The normalized spacial score (nSPS) is 12.4. The van der Waals surface area contributed by atoms with Crippen LogP contribution in [0.25, 0.3) is 0 Å². The highest BCUT2D eigenvalue weighted by Crippen LogP contribution is 2.12. The van der Waals surface area contributed by atoms with Gasteiger partial charge in [-0.3, -0.25) is 9.69 Å². The van der Waals surface area contributed by atoms with Gasteiger partial charge >= 0.3 is 0 Å². The standard InChI is InChI=1S/C17H28N2O4/c1-5-22-9-10-23-12-14-7-6-8-15(11-14)18-17(20)16(13-21-4)19(2)3/h6-8,11,16H,5,9-10,12-13H2,1-4H3,(H,18,20). The van der Waals surface area contributed by atoms with Crippen molar-refractivity contribution in [3.8, 4) is 0 Å². The first-order chi connectivity index (χ1) is 11.1. The van der Waals surface area contributed by atoms with E-state index in [9.17, 15) is 4.79 Å². The van der Waals surface area contributed by atoms with E-state index in [0.29, 0.717) is 33.0 Å². The maximum absolute atomic E-state index is 12.3.